The van der Waals surface area contributed by atoms with Gasteiger partial charge in [-0.25, -0.2) is 0 Å². The molecule has 0 aromatic carbocycles. The van der Waals surface area contributed by atoms with E-state index in [9.17, 15) is 14.4 Å². The van der Waals surface area contributed by atoms with E-state index in [0.29, 0.717) is 19.3 Å². The van der Waals surface area contributed by atoms with Crippen LogP contribution in [0, 0.1) is 0 Å². The minimum absolute atomic E-state index is 0.0785. The molecule has 0 amide bonds. The van der Waals surface area contributed by atoms with Crippen molar-refractivity contribution in [2.75, 3.05) is 13.2 Å². The van der Waals surface area contributed by atoms with Gasteiger partial charge in [0.05, 0.1) is 0 Å². The summed E-state index contributed by atoms with van der Waals surface area (Å²) in [5.41, 5.74) is 0. The van der Waals surface area contributed by atoms with Crippen LogP contribution in [0.15, 0.2) is 72.9 Å². The molecular weight excluding hydrogens is 997 g/mol. The smallest absolute Gasteiger partial charge is 0.306 e. The highest BCUT2D eigenvalue weighted by Crippen LogP contribution is 2.17. The SMILES string of the molecule is CCCCCCC/C=C\C/C=C\C/C=C\CCCCCCCCCCCCCCC(=O)OCC(COC(=O)CCCCCCC/C=C\CCCCCCCC)OC(=O)CCCCCCCCCCC/C=C\C/C=C\CCCCCCC. The minimum Gasteiger partial charge on any atom is -0.462 e. The van der Waals surface area contributed by atoms with E-state index in [1.165, 1.54) is 244 Å². The van der Waals surface area contributed by atoms with Gasteiger partial charge in [0.25, 0.3) is 0 Å². The van der Waals surface area contributed by atoms with Crippen molar-refractivity contribution in [2.45, 2.75) is 374 Å². The summed E-state index contributed by atoms with van der Waals surface area (Å²) in [5.74, 6) is -0.873. The molecule has 0 aliphatic rings. The zero-order chi connectivity index (χ0) is 58.5. The first-order valence-corrected chi connectivity index (χ1v) is 35.4. The number of unbranched alkanes of at least 4 members (excludes halogenated alkanes) is 42. The number of hydrogen-bond donors (Lipinski definition) is 0. The van der Waals surface area contributed by atoms with Gasteiger partial charge in [-0.1, -0.05) is 306 Å². The van der Waals surface area contributed by atoms with Crippen molar-refractivity contribution in [2.24, 2.45) is 0 Å². The summed E-state index contributed by atoms with van der Waals surface area (Å²) in [6.07, 6.45) is 90.6. The first-order valence-electron chi connectivity index (χ1n) is 35.4. The number of allylic oxidation sites excluding steroid dienone is 12. The highest BCUT2D eigenvalue weighted by Gasteiger charge is 2.19. The van der Waals surface area contributed by atoms with Gasteiger partial charge in [0, 0.05) is 19.3 Å². The van der Waals surface area contributed by atoms with Crippen LogP contribution in [0.25, 0.3) is 0 Å². The number of carbonyl (C=O) groups is 3. The van der Waals surface area contributed by atoms with Crippen molar-refractivity contribution in [3.05, 3.63) is 72.9 Å². The van der Waals surface area contributed by atoms with Crippen LogP contribution < -0.4 is 0 Å². The van der Waals surface area contributed by atoms with Gasteiger partial charge in [-0.2, -0.15) is 0 Å². The number of rotatable bonds is 65. The fraction of sp³-hybridized carbons (Fsp3) is 0.800. The van der Waals surface area contributed by atoms with Crippen LogP contribution in [0.4, 0.5) is 0 Å². The maximum Gasteiger partial charge on any atom is 0.306 e. The van der Waals surface area contributed by atoms with Crippen LogP contribution in [-0.4, -0.2) is 37.2 Å². The lowest BCUT2D eigenvalue weighted by Gasteiger charge is -2.18. The van der Waals surface area contributed by atoms with Crippen molar-refractivity contribution < 1.29 is 28.6 Å². The topological polar surface area (TPSA) is 78.9 Å². The number of esters is 3. The Morgan fingerprint density at radius 3 is 0.704 bits per heavy atom. The Hall–Kier alpha value is -3.15. The van der Waals surface area contributed by atoms with Crippen molar-refractivity contribution in [3.8, 4) is 0 Å². The first kappa shape index (κ1) is 77.9. The molecule has 1 unspecified atom stereocenters. The van der Waals surface area contributed by atoms with Gasteiger partial charge in [0.1, 0.15) is 13.2 Å². The Balaban J connectivity index is 4.31. The summed E-state index contributed by atoms with van der Waals surface area (Å²) in [4.78, 5) is 38.5. The third-order valence-corrected chi connectivity index (χ3v) is 15.7. The summed E-state index contributed by atoms with van der Waals surface area (Å²) >= 11 is 0. The van der Waals surface area contributed by atoms with Crippen molar-refractivity contribution in [3.63, 3.8) is 0 Å². The van der Waals surface area contributed by atoms with Gasteiger partial charge in [0.2, 0.25) is 0 Å². The van der Waals surface area contributed by atoms with E-state index in [1.54, 1.807) is 0 Å². The van der Waals surface area contributed by atoms with Gasteiger partial charge in [-0.05, 0) is 116 Å². The lowest BCUT2D eigenvalue weighted by molar-refractivity contribution is -0.167. The molecular formula is C75H134O6. The van der Waals surface area contributed by atoms with Crippen LogP contribution >= 0.6 is 0 Å². The fourth-order valence-electron chi connectivity index (χ4n) is 10.3. The second-order valence-electron chi connectivity index (χ2n) is 23.8. The molecule has 0 aliphatic carbocycles. The van der Waals surface area contributed by atoms with E-state index >= 15 is 0 Å². The van der Waals surface area contributed by atoms with E-state index in [4.69, 9.17) is 14.2 Å². The van der Waals surface area contributed by atoms with Crippen LogP contribution in [0.2, 0.25) is 0 Å². The van der Waals surface area contributed by atoms with E-state index < -0.39 is 6.10 Å². The minimum atomic E-state index is -0.783. The maximum atomic E-state index is 13.0. The molecule has 0 aromatic rings. The van der Waals surface area contributed by atoms with Gasteiger partial charge >= 0.3 is 17.9 Å². The summed E-state index contributed by atoms with van der Waals surface area (Å²) < 4.78 is 17.0. The Morgan fingerprint density at radius 1 is 0.247 bits per heavy atom. The lowest BCUT2D eigenvalue weighted by atomic mass is 10.0. The lowest BCUT2D eigenvalue weighted by Crippen LogP contribution is -2.30. The van der Waals surface area contributed by atoms with Crippen LogP contribution in [0.1, 0.15) is 367 Å². The van der Waals surface area contributed by atoms with Crippen LogP contribution in [-0.2, 0) is 28.6 Å². The Morgan fingerprint density at radius 2 is 0.444 bits per heavy atom. The Bertz CT molecular complexity index is 1490. The molecule has 0 saturated heterocycles. The predicted octanol–water partition coefficient (Wildman–Crippen LogP) is 24.4. The van der Waals surface area contributed by atoms with E-state index in [-0.39, 0.29) is 31.1 Å². The Labute approximate surface area is 503 Å². The molecule has 0 fully saturated rings. The molecule has 6 heteroatoms. The van der Waals surface area contributed by atoms with Crippen LogP contribution in [0.3, 0.4) is 0 Å². The average Bonchev–Trinajstić information content (AvgIpc) is 3.47. The number of ether oxygens (including phenoxy) is 3. The standard InChI is InChI=1S/C75H134O6/c1-4-7-10-13-16-19-22-25-28-30-32-34-35-36-37-38-39-41-42-44-47-50-53-56-59-62-65-68-74(77)80-71-72(70-79-73(76)67-64-61-58-55-52-49-46-27-24-21-18-15-12-9-6-3)81-75(78)69-66-63-60-57-54-51-48-45-43-40-33-31-29-26-23-20-17-14-11-8-5-2/h22-23,25-27,30-33,35-36,46,72H,4-21,24,28-29,34,37-45,47-71H2,1-3H3/b25-22-,26-23-,32-30-,33-31-,36-35-,46-27-. The van der Waals surface area contributed by atoms with Gasteiger partial charge in [-0.3, -0.25) is 14.4 Å². The molecule has 1 atom stereocenters. The Kier molecular flexibility index (Phi) is 66.6. The van der Waals surface area contributed by atoms with Gasteiger partial charge in [-0.15, -0.1) is 0 Å². The third kappa shape index (κ3) is 67.5. The molecule has 81 heavy (non-hydrogen) atoms. The number of carbonyl (C=O) groups excluding carboxylic acids is 3. The second kappa shape index (κ2) is 69.3. The molecule has 0 heterocycles. The molecule has 0 bridgehead atoms. The molecule has 0 radical (unpaired) electrons. The predicted molar refractivity (Wildman–Crippen MR) is 353 cm³/mol. The van der Waals surface area contributed by atoms with Crippen molar-refractivity contribution in [1.82, 2.24) is 0 Å². The highest BCUT2D eigenvalue weighted by atomic mass is 16.6. The largest absolute Gasteiger partial charge is 0.462 e. The molecule has 470 valence electrons. The number of hydrogen-bond acceptors (Lipinski definition) is 6. The van der Waals surface area contributed by atoms with E-state index in [0.717, 1.165) is 83.5 Å². The molecule has 0 saturated carbocycles. The van der Waals surface area contributed by atoms with E-state index in [1.807, 2.05) is 0 Å². The fourth-order valence-corrected chi connectivity index (χ4v) is 10.3. The average molecular weight is 1130 g/mol. The maximum absolute atomic E-state index is 13.0. The van der Waals surface area contributed by atoms with Crippen molar-refractivity contribution in [1.29, 1.82) is 0 Å². The second-order valence-corrected chi connectivity index (χ2v) is 23.8. The molecule has 0 N–H and O–H groups in total. The third-order valence-electron chi connectivity index (χ3n) is 15.7. The first-order chi connectivity index (χ1) is 40.0. The van der Waals surface area contributed by atoms with Crippen molar-refractivity contribution >= 4 is 17.9 Å². The zero-order valence-corrected chi connectivity index (χ0v) is 54.1. The molecule has 6 nitrogen and oxygen atoms in total. The van der Waals surface area contributed by atoms with Gasteiger partial charge in [0.15, 0.2) is 6.10 Å². The summed E-state index contributed by atoms with van der Waals surface area (Å²) in [5, 5.41) is 0. The normalized spacial score (nSPS) is 12.5. The summed E-state index contributed by atoms with van der Waals surface area (Å²) in [7, 11) is 0. The van der Waals surface area contributed by atoms with Crippen LogP contribution in [0.5, 0.6) is 0 Å². The van der Waals surface area contributed by atoms with E-state index in [2.05, 4.69) is 93.7 Å². The monoisotopic (exact) mass is 1130 g/mol. The highest BCUT2D eigenvalue weighted by molar-refractivity contribution is 5.71. The summed E-state index contributed by atoms with van der Waals surface area (Å²) in [6.45, 7) is 6.65. The zero-order valence-electron chi connectivity index (χ0n) is 54.1. The molecule has 0 rings (SSSR count). The summed E-state index contributed by atoms with van der Waals surface area (Å²) in [6, 6.07) is 0. The van der Waals surface area contributed by atoms with Gasteiger partial charge < -0.3 is 14.2 Å². The quantitative estimate of drug-likeness (QED) is 0.0261. The molecule has 0 aliphatic heterocycles. The molecule has 0 aromatic heterocycles. The molecule has 0 spiro atoms.